The second-order valence-corrected chi connectivity index (χ2v) is 5.39. The molecule has 0 aliphatic rings. The third-order valence-corrected chi connectivity index (χ3v) is 3.82. The van der Waals surface area contributed by atoms with Crippen LogP contribution in [0, 0.1) is 0 Å². The van der Waals surface area contributed by atoms with E-state index in [9.17, 15) is 9.59 Å². The summed E-state index contributed by atoms with van der Waals surface area (Å²) < 4.78 is 4.62. The minimum Gasteiger partial charge on any atom is -0.469 e. The summed E-state index contributed by atoms with van der Waals surface area (Å²) in [5.41, 5.74) is 0. The van der Waals surface area contributed by atoms with Crippen molar-refractivity contribution in [3.63, 3.8) is 0 Å². The summed E-state index contributed by atoms with van der Waals surface area (Å²) in [6, 6.07) is 3.88. The maximum Gasteiger partial charge on any atom is 0.310 e. The van der Waals surface area contributed by atoms with Gasteiger partial charge in [-0.15, -0.1) is 11.3 Å². The molecule has 19 heavy (non-hydrogen) atoms. The van der Waals surface area contributed by atoms with Crippen molar-refractivity contribution in [1.82, 2.24) is 10.2 Å². The van der Waals surface area contributed by atoms with Crippen molar-refractivity contribution in [3.8, 4) is 0 Å². The van der Waals surface area contributed by atoms with Crippen LogP contribution in [0.1, 0.15) is 16.7 Å². The lowest BCUT2D eigenvalue weighted by Crippen LogP contribution is -2.34. The van der Waals surface area contributed by atoms with Gasteiger partial charge in [0.1, 0.15) is 0 Å². The molecule has 1 N–H and O–H groups in total. The molecule has 0 atom stereocenters. The number of carbonyl (C=O) groups excluding carboxylic acids is 2. The van der Waals surface area contributed by atoms with Crippen molar-refractivity contribution in [1.29, 1.82) is 0 Å². The van der Waals surface area contributed by atoms with Gasteiger partial charge in [-0.1, -0.05) is 0 Å². The first-order valence-corrected chi connectivity index (χ1v) is 6.97. The molecule has 0 fully saturated rings. The highest BCUT2D eigenvalue weighted by Gasteiger charge is 2.08. The molecule has 0 aliphatic carbocycles. The van der Waals surface area contributed by atoms with E-state index in [1.54, 1.807) is 23.3 Å². The molecule has 0 aromatic carbocycles. The summed E-state index contributed by atoms with van der Waals surface area (Å²) in [4.78, 5) is 26.4. The van der Waals surface area contributed by atoms with E-state index >= 15 is 0 Å². The Bertz CT molecular complexity index is 431. The van der Waals surface area contributed by atoms with Crippen molar-refractivity contribution in [3.05, 3.63) is 21.9 Å². The average molecular weight is 284 g/mol. The quantitative estimate of drug-likeness (QED) is 0.760. The Hall–Kier alpha value is -1.40. The zero-order valence-corrected chi connectivity index (χ0v) is 12.4. The van der Waals surface area contributed by atoms with E-state index in [2.05, 4.69) is 10.1 Å². The van der Waals surface area contributed by atoms with Crippen LogP contribution in [0.3, 0.4) is 0 Å². The molecule has 0 saturated heterocycles. The van der Waals surface area contributed by atoms with Gasteiger partial charge in [-0.3, -0.25) is 9.59 Å². The summed E-state index contributed by atoms with van der Waals surface area (Å²) in [5, 5.41) is 3.10. The number of thiophene rings is 1. The molecule has 0 aliphatic heterocycles. The van der Waals surface area contributed by atoms with Crippen molar-refractivity contribution in [2.45, 2.75) is 19.9 Å². The second kappa shape index (κ2) is 7.91. The maximum atomic E-state index is 11.6. The molecule has 1 amide bonds. The molecule has 0 radical (unpaired) electrons. The van der Waals surface area contributed by atoms with Gasteiger partial charge in [-0.2, -0.15) is 0 Å². The number of ether oxygens (including phenoxy) is 1. The molecule has 0 spiro atoms. The SMILES string of the molecule is CCN(C)C(=O)CNCc1ccc(CC(=O)OC)s1. The van der Waals surface area contributed by atoms with Gasteiger partial charge in [-0.05, 0) is 19.1 Å². The average Bonchev–Trinajstić information content (AvgIpc) is 2.84. The first-order chi connectivity index (χ1) is 9.06. The van der Waals surface area contributed by atoms with Crippen molar-refractivity contribution < 1.29 is 14.3 Å². The van der Waals surface area contributed by atoms with Gasteiger partial charge in [0, 0.05) is 29.9 Å². The first-order valence-electron chi connectivity index (χ1n) is 6.16. The van der Waals surface area contributed by atoms with Gasteiger partial charge in [0.15, 0.2) is 0 Å². The third-order valence-electron chi connectivity index (χ3n) is 2.74. The third kappa shape index (κ3) is 5.40. The zero-order chi connectivity index (χ0) is 14.3. The van der Waals surface area contributed by atoms with Crippen LogP contribution < -0.4 is 5.32 Å². The smallest absolute Gasteiger partial charge is 0.310 e. The van der Waals surface area contributed by atoms with Crippen molar-refractivity contribution >= 4 is 23.2 Å². The number of amides is 1. The fourth-order valence-corrected chi connectivity index (χ4v) is 2.40. The van der Waals surface area contributed by atoms with E-state index in [-0.39, 0.29) is 11.9 Å². The Morgan fingerprint density at radius 2 is 2.05 bits per heavy atom. The van der Waals surface area contributed by atoms with Crippen LogP contribution in [0.2, 0.25) is 0 Å². The molecule has 0 unspecified atom stereocenters. The number of nitrogens with one attached hydrogen (secondary N) is 1. The molecule has 1 aromatic heterocycles. The molecule has 106 valence electrons. The number of methoxy groups -OCH3 is 1. The van der Waals surface area contributed by atoms with Crippen LogP contribution in [-0.2, 0) is 27.3 Å². The van der Waals surface area contributed by atoms with Gasteiger partial charge >= 0.3 is 5.97 Å². The molecule has 6 heteroatoms. The van der Waals surface area contributed by atoms with Gasteiger partial charge in [-0.25, -0.2) is 0 Å². The van der Waals surface area contributed by atoms with Crippen LogP contribution in [0.25, 0.3) is 0 Å². The van der Waals surface area contributed by atoms with Crippen molar-refractivity contribution in [2.24, 2.45) is 0 Å². The monoisotopic (exact) mass is 284 g/mol. The molecule has 0 bridgehead atoms. The summed E-state index contributed by atoms with van der Waals surface area (Å²) in [6.45, 7) is 3.61. The lowest BCUT2D eigenvalue weighted by molar-refractivity contribution is -0.139. The Morgan fingerprint density at radius 1 is 1.37 bits per heavy atom. The number of likely N-dealkylation sites (N-methyl/N-ethyl adjacent to an activating group) is 1. The van der Waals surface area contributed by atoms with Gasteiger partial charge in [0.05, 0.1) is 20.1 Å². The summed E-state index contributed by atoms with van der Waals surface area (Å²) in [5.74, 6) is -0.157. The van der Waals surface area contributed by atoms with E-state index in [1.807, 2.05) is 19.1 Å². The number of hydrogen-bond acceptors (Lipinski definition) is 5. The summed E-state index contributed by atoms with van der Waals surface area (Å²) in [6.07, 6.45) is 0.304. The van der Waals surface area contributed by atoms with E-state index in [1.165, 1.54) is 7.11 Å². The molecule has 1 aromatic rings. The van der Waals surface area contributed by atoms with E-state index < -0.39 is 0 Å². The molecular formula is C13H20N2O3S. The summed E-state index contributed by atoms with van der Waals surface area (Å²) in [7, 11) is 3.16. The molecule has 0 saturated carbocycles. The predicted molar refractivity (Wildman–Crippen MR) is 75.1 cm³/mol. The Kier molecular flexibility index (Phi) is 6.52. The number of nitrogens with zero attached hydrogens (tertiary/aromatic N) is 1. The number of carbonyl (C=O) groups is 2. The molecule has 5 nitrogen and oxygen atoms in total. The second-order valence-electron chi connectivity index (χ2n) is 4.13. The van der Waals surface area contributed by atoms with Gasteiger partial charge < -0.3 is 15.0 Å². The van der Waals surface area contributed by atoms with E-state index in [4.69, 9.17) is 0 Å². The highest BCUT2D eigenvalue weighted by molar-refractivity contribution is 7.12. The molecule has 1 heterocycles. The highest BCUT2D eigenvalue weighted by Crippen LogP contribution is 2.17. The lowest BCUT2D eigenvalue weighted by atomic mass is 10.3. The molecular weight excluding hydrogens is 264 g/mol. The minimum absolute atomic E-state index is 0.0776. The first kappa shape index (κ1) is 15.7. The van der Waals surface area contributed by atoms with Crippen LogP contribution in [-0.4, -0.2) is 44.0 Å². The largest absolute Gasteiger partial charge is 0.469 e. The maximum absolute atomic E-state index is 11.6. The normalized spacial score (nSPS) is 10.3. The number of hydrogen-bond donors (Lipinski definition) is 1. The van der Waals surface area contributed by atoms with E-state index in [0.717, 1.165) is 9.75 Å². The summed E-state index contributed by atoms with van der Waals surface area (Å²) >= 11 is 1.55. The van der Waals surface area contributed by atoms with Crippen molar-refractivity contribution in [2.75, 3.05) is 27.2 Å². The Morgan fingerprint density at radius 3 is 2.68 bits per heavy atom. The van der Waals surface area contributed by atoms with Crippen LogP contribution in [0.4, 0.5) is 0 Å². The standard InChI is InChI=1S/C13H20N2O3S/c1-4-15(2)12(16)9-14-8-11-6-5-10(19-11)7-13(17)18-3/h5-6,14H,4,7-9H2,1-3H3. The van der Waals surface area contributed by atoms with E-state index in [0.29, 0.717) is 26.1 Å². The van der Waals surface area contributed by atoms with Crippen LogP contribution in [0.5, 0.6) is 0 Å². The minimum atomic E-state index is -0.235. The fraction of sp³-hybridized carbons (Fsp3) is 0.538. The lowest BCUT2D eigenvalue weighted by Gasteiger charge is -2.14. The Labute approximate surface area is 117 Å². The Balaban J connectivity index is 2.34. The number of rotatable bonds is 7. The topological polar surface area (TPSA) is 58.6 Å². The van der Waals surface area contributed by atoms with Crippen LogP contribution >= 0.6 is 11.3 Å². The highest BCUT2D eigenvalue weighted by atomic mass is 32.1. The van der Waals surface area contributed by atoms with Gasteiger partial charge in [0.25, 0.3) is 0 Å². The number of esters is 1. The van der Waals surface area contributed by atoms with Gasteiger partial charge in [0.2, 0.25) is 5.91 Å². The predicted octanol–water partition coefficient (Wildman–Crippen LogP) is 1.03. The molecule has 1 rings (SSSR count). The van der Waals surface area contributed by atoms with Crippen LogP contribution in [0.15, 0.2) is 12.1 Å². The zero-order valence-electron chi connectivity index (χ0n) is 11.6. The fourth-order valence-electron chi connectivity index (χ4n) is 1.43.